The van der Waals surface area contributed by atoms with Gasteiger partial charge in [-0.05, 0) is 44.2 Å². The third-order valence-electron chi connectivity index (χ3n) is 4.04. The number of halogens is 1. The molecule has 1 fully saturated rings. The summed E-state index contributed by atoms with van der Waals surface area (Å²) in [6, 6.07) is 8.10. The Morgan fingerprint density at radius 3 is 2.87 bits per heavy atom. The van der Waals surface area contributed by atoms with Crippen molar-refractivity contribution in [1.82, 2.24) is 30.5 Å². The Labute approximate surface area is 141 Å². The van der Waals surface area contributed by atoms with Gasteiger partial charge in [0.15, 0.2) is 5.69 Å². The van der Waals surface area contributed by atoms with Crippen molar-refractivity contribution in [2.75, 3.05) is 13.1 Å². The third-order valence-corrected chi connectivity index (χ3v) is 4.57. The number of rotatable bonds is 3. The Balaban J connectivity index is 1.65. The molecule has 118 valence electrons. The Morgan fingerprint density at radius 1 is 1.30 bits per heavy atom. The normalized spacial score (nSPS) is 17.7. The maximum absolute atomic E-state index is 5.39. The van der Waals surface area contributed by atoms with Crippen LogP contribution >= 0.6 is 15.9 Å². The van der Waals surface area contributed by atoms with Gasteiger partial charge in [0.2, 0.25) is 5.82 Å². The Hall–Kier alpha value is -2.06. The molecule has 1 aliphatic rings. The van der Waals surface area contributed by atoms with Crippen molar-refractivity contribution in [3.8, 4) is 23.0 Å². The average molecular weight is 375 g/mol. The van der Waals surface area contributed by atoms with Crippen LogP contribution in [0.2, 0.25) is 0 Å². The molecule has 1 unspecified atom stereocenters. The lowest BCUT2D eigenvalue weighted by molar-refractivity contribution is 0.430. The first-order valence-electron chi connectivity index (χ1n) is 7.45. The van der Waals surface area contributed by atoms with Crippen molar-refractivity contribution in [2.24, 2.45) is 0 Å². The number of nitrogens with zero attached hydrogens (tertiary/aromatic N) is 5. The fourth-order valence-electron chi connectivity index (χ4n) is 2.77. The summed E-state index contributed by atoms with van der Waals surface area (Å²) in [5, 5.41) is 15.9. The van der Waals surface area contributed by atoms with Crippen LogP contribution in [0.3, 0.4) is 0 Å². The minimum absolute atomic E-state index is 0.338. The zero-order chi connectivity index (χ0) is 15.8. The van der Waals surface area contributed by atoms with Gasteiger partial charge in [-0.25, -0.2) is 4.68 Å². The van der Waals surface area contributed by atoms with Gasteiger partial charge in [-0.2, -0.15) is 4.98 Å². The minimum atomic E-state index is 0.338. The van der Waals surface area contributed by atoms with Crippen LogP contribution < -0.4 is 5.32 Å². The second-order valence-corrected chi connectivity index (χ2v) is 6.46. The molecule has 7 nitrogen and oxygen atoms in total. The van der Waals surface area contributed by atoms with Gasteiger partial charge in [0.1, 0.15) is 0 Å². The maximum atomic E-state index is 5.39. The lowest BCUT2D eigenvalue weighted by Gasteiger charge is -2.09. The molecule has 3 heterocycles. The van der Waals surface area contributed by atoms with E-state index in [4.69, 9.17) is 4.52 Å². The Bertz CT molecular complexity index is 819. The second-order valence-electron chi connectivity index (χ2n) is 5.54. The zero-order valence-corrected chi connectivity index (χ0v) is 14.1. The van der Waals surface area contributed by atoms with Crippen molar-refractivity contribution in [2.45, 2.75) is 19.4 Å². The summed E-state index contributed by atoms with van der Waals surface area (Å²) in [6.45, 7) is 3.91. The van der Waals surface area contributed by atoms with E-state index in [0.717, 1.165) is 35.2 Å². The van der Waals surface area contributed by atoms with Crippen LogP contribution in [0, 0.1) is 6.92 Å². The number of benzene rings is 1. The molecule has 1 saturated heterocycles. The van der Waals surface area contributed by atoms with Crippen molar-refractivity contribution < 1.29 is 4.52 Å². The van der Waals surface area contributed by atoms with Gasteiger partial charge in [-0.15, -0.1) is 5.10 Å². The predicted octanol–water partition coefficient (Wildman–Crippen LogP) is 2.60. The monoisotopic (exact) mass is 374 g/mol. The quantitative estimate of drug-likeness (QED) is 0.758. The van der Waals surface area contributed by atoms with Gasteiger partial charge >= 0.3 is 0 Å². The molecule has 4 rings (SSSR count). The van der Waals surface area contributed by atoms with Crippen molar-refractivity contribution >= 4 is 15.9 Å². The summed E-state index contributed by atoms with van der Waals surface area (Å²) in [5.74, 6) is 0.946. The van der Waals surface area contributed by atoms with Crippen LogP contribution in [0.4, 0.5) is 0 Å². The van der Waals surface area contributed by atoms with Gasteiger partial charge in [0.05, 0.1) is 11.7 Å². The summed E-state index contributed by atoms with van der Waals surface area (Å²) in [4.78, 5) is 4.46. The summed E-state index contributed by atoms with van der Waals surface area (Å²) in [6.07, 6.45) is 1.05. The molecule has 8 heteroatoms. The fraction of sp³-hybridized carbons (Fsp3) is 0.333. The molecule has 0 spiro atoms. The molecule has 1 aliphatic heterocycles. The molecular weight excluding hydrogens is 360 g/mol. The zero-order valence-electron chi connectivity index (χ0n) is 12.5. The fourth-order valence-corrected chi connectivity index (χ4v) is 3.03. The number of hydrogen-bond acceptors (Lipinski definition) is 6. The number of nitrogens with one attached hydrogen (secondary N) is 1. The van der Waals surface area contributed by atoms with Crippen LogP contribution in [0.15, 0.2) is 33.3 Å². The Morgan fingerprint density at radius 2 is 2.13 bits per heavy atom. The van der Waals surface area contributed by atoms with E-state index in [0.29, 0.717) is 23.5 Å². The van der Waals surface area contributed by atoms with Crippen LogP contribution in [0.5, 0.6) is 0 Å². The molecule has 2 aromatic heterocycles. The van der Waals surface area contributed by atoms with Crippen LogP contribution in [0.1, 0.15) is 18.2 Å². The first-order valence-corrected chi connectivity index (χ1v) is 8.24. The van der Waals surface area contributed by atoms with E-state index >= 15 is 0 Å². The van der Waals surface area contributed by atoms with Crippen LogP contribution in [-0.4, -0.2) is 38.2 Å². The molecule has 0 radical (unpaired) electrons. The first-order chi connectivity index (χ1) is 11.2. The topological polar surface area (TPSA) is 81.7 Å². The largest absolute Gasteiger partial charge is 0.332 e. The lowest BCUT2D eigenvalue weighted by Crippen LogP contribution is -2.15. The molecule has 0 saturated carbocycles. The number of aromatic nitrogens is 5. The van der Waals surface area contributed by atoms with E-state index in [1.165, 1.54) is 0 Å². The van der Waals surface area contributed by atoms with E-state index < -0.39 is 0 Å². The van der Waals surface area contributed by atoms with E-state index in [-0.39, 0.29) is 0 Å². The number of hydrogen-bond donors (Lipinski definition) is 1. The minimum Gasteiger partial charge on any atom is -0.332 e. The highest BCUT2D eigenvalue weighted by molar-refractivity contribution is 9.10. The van der Waals surface area contributed by atoms with Crippen molar-refractivity contribution in [3.63, 3.8) is 0 Å². The standard InChI is InChI=1S/C15H15BrN6O/c1-9-13(19-21-22(9)12-6-7-17-8-12)15-18-14(20-23-15)10-2-4-11(16)5-3-10/h2-5,12,17H,6-8H2,1H3. The smallest absolute Gasteiger partial charge is 0.280 e. The summed E-state index contributed by atoms with van der Waals surface area (Å²) >= 11 is 3.41. The van der Waals surface area contributed by atoms with Crippen molar-refractivity contribution in [3.05, 3.63) is 34.4 Å². The molecule has 1 N–H and O–H groups in total. The van der Waals surface area contributed by atoms with Crippen molar-refractivity contribution in [1.29, 1.82) is 0 Å². The summed E-state index contributed by atoms with van der Waals surface area (Å²) in [5.41, 5.74) is 2.49. The average Bonchev–Trinajstić information content (AvgIpc) is 3.27. The first kappa shape index (κ1) is 14.5. The predicted molar refractivity (Wildman–Crippen MR) is 87.7 cm³/mol. The highest BCUT2D eigenvalue weighted by atomic mass is 79.9. The molecule has 0 bridgehead atoms. The lowest BCUT2D eigenvalue weighted by atomic mass is 10.2. The SMILES string of the molecule is Cc1c(-c2nc(-c3ccc(Br)cc3)no2)nnn1C1CCNC1. The summed E-state index contributed by atoms with van der Waals surface area (Å²) in [7, 11) is 0. The molecule has 0 amide bonds. The molecule has 23 heavy (non-hydrogen) atoms. The van der Waals surface area contributed by atoms with Gasteiger partial charge in [0.25, 0.3) is 5.89 Å². The van der Waals surface area contributed by atoms with Gasteiger partial charge in [0, 0.05) is 16.6 Å². The second kappa shape index (κ2) is 5.86. The molecule has 1 aromatic carbocycles. The van der Waals surface area contributed by atoms with E-state index in [1.807, 2.05) is 35.9 Å². The molecule has 3 aromatic rings. The maximum Gasteiger partial charge on any atom is 0.280 e. The molecule has 1 atom stereocenters. The van der Waals surface area contributed by atoms with E-state index in [1.54, 1.807) is 0 Å². The molecule has 0 aliphatic carbocycles. The van der Waals surface area contributed by atoms with Gasteiger partial charge in [-0.3, -0.25) is 0 Å². The Kier molecular flexibility index (Phi) is 3.70. The highest BCUT2D eigenvalue weighted by Crippen LogP contribution is 2.26. The molecular formula is C15H15BrN6O. The van der Waals surface area contributed by atoms with Gasteiger partial charge in [-0.1, -0.05) is 26.3 Å². The van der Waals surface area contributed by atoms with Crippen LogP contribution in [-0.2, 0) is 0 Å². The van der Waals surface area contributed by atoms with E-state index in [9.17, 15) is 0 Å². The summed E-state index contributed by atoms with van der Waals surface area (Å²) < 4.78 is 8.34. The third kappa shape index (κ3) is 2.68. The van der Waals surface area contributed by atoms with Crippen LogP contribution in [0.25, 0.3) is 23.0 Å². The highest BCUT2D eigenvalue weighted by Gasteiger charge is 2.24. The van der Waals surface area contributed by atoms with E-state index in [2.05, 4.69) is 41.7 Å². The van der Waals surface area contributed by atoms with Gasteiger partial charge < -0.3 is 9.84 Å².